The van der Waals surface area contributed by atoms with Crippen molar-refractivity contribution < 1.29 is 14.7 Å². The molecule has 0 radical (unpaired) electrons. The van der Waals surface area contributed by atoms with E-state index < -0.39 is 5.97 Å². The van der Waals surface area contributed by atoms with Crippen molar-refractivity contribution >= 4 is 23.1 Å². The van der Waals surface area contributed by atoms with Gasteiger partial charge in [-0.2, -0.15) is 0 Å². The van der Waals surface area contributed by atoms with E-state index in [9.17, 15) is 14.7 Å². The van der Waals surface area contributed by atoms with Gasteiger partial charge in [0, 0.05) is 11.3 Å². The number of aryl methyl sites for hydroxylation is 3. The van der Waals surface area contributed by atoms with Crippen LogP contribution < -0.4 is 5.32 Å². The lowest BCUT2D eigenvalue weighted by atomic mass is 10.0. The first kappa shape index (κ1) is 15.8. The van der Waals surface area contributed by atoms with Gasteiger partial charge in [0.2, 0.25) is 0 Å². The summed E-state index contributed by atoms with van der Waals surface area (Å²) in [5, 5.41) is 12.6. The van der Waals surface area contributed by atoms with Crippen LogP contribution in [0, 0.1) is 20.8 Å². The van der Waals surface area contributed by atoms with Gasteiger partial charge in [0.15, 0.2) is 5.78 Å². The van der Waals surface area contributed by atoms with Crippen molar-refractivity contribution in [3.63, 3.8) is 0 Å². The first-order valence-electron chi connectivity index (χ1n) is 7.03. The van der Waals surface area contributed by atoms with Gasteiger partial charge in [-0.25, -0.2) is 4.79 Å². The fourth-order valence-electron chi connectivity index (χ4n) is 2.69. The minimum atomic E-state index is -1.12. The van der Waals surface area contributed by atoms with Crippen LogP contribution in [0.3, 0.4) is 0 Å². The van der Waals surface area contributed by atoms with Crippen molar-refractivity contribution in [3.05, 3.63) is 58.1 Å². The second-order valence-electron chi connectivity index (χ2n) is 5.49. The van der Waals surface area contributed by atoms with Gasteiger partial charge < -0.3 is 10.4 Å². The maximum Gasteiger partial charge on any atom is 0.338 e. The summed E-state index contributed by atoms with van der Waals surface area (Å²) >= 11 is 0. The normalized spacial score (nSPS) is 10.4. The summed E-state index contributed by atoms with van der Waals surface area (Å²) in [6.45, 7) is 7.33. The lowest BCUT2D eigenvalue weighted by Gasteiger charge is -2.16. The van der Waals surface area contributed by atoms with E-state index in [4.69, 9.17) is 0 Å². The number of anilines is 2. The molecule has 2 rings (SSSR count). The van der Waals surface area contributed by atoms with Gasteiger partial charge >= 0.3 is 5.97 Å². The maximum absolute atomic E-state index is 11.7. The number of hydrogen-bond acceptors (Lipinski definition) is 3. The van der Waals surface area contributed by atoms with Crippen molar-refractivity contribution in [1.29, 1.82) is 0 Å². The number of aromatic carboxylic acids is 1. The molecule has 0 amide bonds. The second kappa shape index (κ2) is 6.02. The number of carboxylic acid groups (broad SMARTS) is 1. The summed E-state index contributed by atoms with van der Waals surface area (Å²) in [6.07, 6.45) is 0. The molecule has 0 heterocycles. The predicted octanol–water partition coefficient (Wildman–Crippen LogP) is 4.26. The number of benzene rings is 2. The minimum absolute atomic E-state index is 0.00868. The summed E-state index contributed by atoms with van der Waals surface area (Å²) in [5.74, 6) is -1.38. The Morgan fingerprint density at radius 1 is 1.05 bits per heavy atom. The van der Waals surface area contributed by atoms with Crippen LogP contribution >= 0.6 is 0 Å². The molecule has 4 nitrogen and oxygen atoms in total. The zero-order chi connectivity index (χ0) is 16.4. The summed E-state index contributed by atoms with van der Waals surface area (Å²) in [6, 6.07) is 8.96. The average molecular weight is 297 g/mol. The Morgan fingerprint density at radius 3 is 2.14 bits per heavy atom. The molecule has 4 heteroatoms. The molecule has 2 aromatic rings. The molecular formula is C18H19NO3. The van der Waals surface area contributed by atoms with Gasteiger partial charge in [-0.05, 0) is 44.9 Å². The second-order valence-corrected chi connectivity index (χ2v) is 5.49. The van der Waals surface area contributed by atoms with Crippen molar-refractivity contribution in [3.8, 4) is 0 Å². The van der Waals surface area contributed by atoms with Crippen LogP contribution in [-0.2, 0) is 0 Å². The predicted molar refractivity (Wildman–Crippen MR) is 87.3 cm³/mol. The minimum Gasteiger partial charge on any atom is -0.478 e. The van der Waals surface area contributed by atoms with E-state index in [0.717, 1.165) is 22.4 Å². The number of carboxylic acids is 1. The zero-order valence-electron chi connectivity index (χ0n) is 13.2. The third-order valence-corrected chi connectivity index (χ3v) is 3.59. The fourth-order valence-corrected chi connectivity index (χ4v) is 2.69. The van der Waals surface area contributed by atoms with E-state index >= 15 is 0 Å². The van der Waals surface area contributed by atoms with Crippen LogP contribution in [0.15, 0.2) is 30.3 Å². The summed E-state index contributed by atoms with van der Waals surface area (Å²) in [4.78, 5) is 23.2. The highest BCUT2D eigenvalue weighted by Crippen LogP contribution is 2.29. The van der Waals surface area contributed by atoms with E-state index in [0.29, 0.717) is 5.69 Å². The number of Topliss-reactive ketones (excluding diaryl/α,β-unsaturated/α-hetero) is 1. The van der Waals surface area contributed by atoms with Crippen molar-refractivity contribution in [2.45, 2.75) is 27.7 Å². The van der Waals surface area contributed by atoms with Crippen LogP contribution in [0.25, 0.3) is 0 Å². The van der Waals surface area contributed by atoms with Crippen LogP contribution in [0.4, 0.5) is 11.4 Å². The van der Waals surface area contributed by atoms with Gasteiger partial charge in [0.25, 0.3) is 0 Å². The molecule has 0 aliphatic rings. The maximum atomic E-state index is 11.7. The lowest BCUT2D eigenvalue weighted by Crippen LogP contribution is -2.10. The van der Waals surface area contributed by atoms with Crippen LogP contribution in [-0.4, -0.2) is 16.9 Å². The molecule has 0 aliphatic carbocycles. The molecule has 0 saturated carbocycles. The number of nitrogens with one attached hydrogen (secondary N) is 1. The molecule has 2 N–H and O–H groups in total. The lowest BCUT2D eigenvalue weighted by molar-refractivity contribution is 0.0693. The van der Waals surface area contributed by atoms with E-state index in [2.05, 4.69) is 5.32 Å². The highest BCUT2D eigenvalue weighted by Gasteiger charge is 2.19. The number of hydrogen-bond donors (Lipinski definition) is 2. The third kappa shape index (κ3) is 3.01. The van der Waals surface area contributed by atoms with Gasteiger partial charge in [-0.15, -0.1) is 0 Å². The Hall–Kier alpha value is -2.62. The largest absolute Gasteiger partial charge is 0.478 e. The first-order chi connectivity index (χ1) is 10.3. The molecular weight excluding hydrogens is 278 g/mol. The summed E-state index contributed by atoms with van der Waals surface area (Å²) in [5.41, 5.74) is 4.72. The van der Waals surface area contributed by atoms with Gasteiger partial charge in [0.05, 0.1) is 11.3 Å². The molecule has 0 atom stereocenters. The van der Waals surface area contributed by atoms with Crippen LogP contribution in [0.2, 0.25) is 0 Å². The molecule has 0 aliphatic heterocycles. The SMILES string of the molecule is CC(=O)c1cccc(Nc2c(C)cc(C)cc2C)c1C(=O)O. The van der Waals surface area contributed by atoms with Crippen molar-refractivity contribution in [2.24, 2.45) is 0 Å². The third-order valence-electron chi connectivity index (χ3n) is 3.59. The number of ketones is 1. The quantitative estimate of drug-likeness (QED) is 0.828. The number of carbonyl (C=O) groups excluding carboxylic acids is 1. The molecule has 0 saturated heterocycles. The van der Waals surface area contributed by atoms with Crippen LogP contribution in [0.1, 0.15) is 44.3 Å². The Balaban J connectivity index is 2.58. The fraction of sp³-hybridized carbons (Fsp3) is 0.222. The van der Waals surface area contributed by atoms with Gasteiger partial charge in [-0.3, -0.25) is 4.79 Å². The average Bonchev–Trinajstić information content (AvgIpc) is 2.42. The molecule has 0 unspecified atom stereocenters. The van der Waals surface area contributed by atoms with Crippen molar-refractivity contribution in [2.75, 3.05) is 5.32 Å². The van der Waals surface area contributed by atoms with E-state index in [1.165, 1.54) is 13.0 Å². The van der Waals surface area contributed by atoms with Crippen LogP contribution in [0.5, 0.6) is 0 Å². The molecule has 0 fully saturated rings. The molecule has 114 valence electrons. The monoisotopic (exact) mass is 297 g/mol. The number of carbonyl (C=O) groups is 2. The highest BCUT2D eigenvalue weighted by molar-refractivity contribution is 6.08. The Bertz CT molecular complexity index is 740. The molecule has 22 heavy (non-hydrogen) atoms. The van der Waals surface area contributed by atoms with Crippen molar-refractivity contribution in [1.82, 2.24) is 0 Å². The molecule has 2 aromatic carbocycles. The standard InChI is InChI=1S/C18H19NO3/c1-10-8-11(2)17(12(3)9-10)19-15-7-5-6-14(13(4)20)16(15)18(21)22/h5-9,19H,1-4H3,(H,21,22). The summed E-state index contributed by atoms with van der Waals surface area (Å²) in [7, 11) is 0. The van der Waals surface area contributed by atoms with E-state index in [-0.39, 0.29) is 16.9 Å². The van der Waals surface area contributed by atoms with Gasteiger partial charge in [-0.1, -0.05) is 29.8 Å². The molecule has 0 bridgehead atoms. The summed E-state index contributed by atoms with van der Waals surface area (Å²) < 4.78 is 0. The topological polar surface area (TPSA) is 66.4 Å². The Morgan fingerprint density at radius 2 is 1.64 bits per heavy atom. The van der Waals surface area contributed by atoms with Gasteiger partial charge in [0.1, 0.15) is 0 Å². The smallest absolute Gasteiger partial charge is 0.338 e. The first-order valence-corrected chi connectivity index (χ1v) is 7.03. The van der Waals surface area contributed by atoms with E-state index in [1.807, 2.05) is 32.9 Å². The Kier molecular flexibility index (Phi) is 4.31. The number of rotatable bonds is 4. The highest BCUT2D eigenvalue weighted by atomic mass is 16.4. The van der Waals surface area contributed by atoms with E-state index in [1.54, 1.807) is 12.1 Å². The molecule has 0 aromatic heterocycles. The molecule has 0 spiro atoms. The zero-order valence-corrected chi connectivity index (χ0v) is 13.2. The Labute approximate surface area is 129 Å².